The minimum atomic E-state index is -3.69. The van der Waals surface area contributed by atoms with E-state index >= 15 is 0 Å². The van der Waals surface area contributed by atoms with Gasteiger partial charge in [0.15, 0.2) is 0 Å². The Kier molecular flexibility index (Phi) is 9.05. The zero-order chi connectivity index (χ0) is 28.1. The molecule has 0 aromatic heterocycles. The van der Waals surface area contributed by atoms with Crippen LogP contribution in [0, 0.1) is 0 Å². The fraction of sp³-hybridized carbons (Fsp3) is 0.231. The van der Waals surface area contributed by atoms with Gasteiger partial charge in [0.25, 0.3) is 0 Å². The molecule has 0 aliphatic rings. The van der Waals surface area contributed by atoms with Crippen LogP contribution in [-0.2, 0) is 42.7 Å². The van der Waals surface area contributed by atoms with Crippen LogP contribution in [0.4, 0.5) is 0 Å². The van der Waals surface area contributed by atoms with Crippen LogP contribution in [-0.4, -0.2) is 65.6 Å². The number of hydrogen-bond donors (Lipinski definition) is 0. The Morgan fingerprint density at radius 2 is 0.947 bits per heavy atom. The van der Waals surface area contributed by atoms with Gasteiger partial charge in [-0.25, -0.2) is 35.0 Å². The molecule has 0 N–H and O–H groups in total. The molecule has 0 amide bonds. The van der Waals surface area contributed by atoms with Gasteiger partial charge in [0, 0.05) is 28.2 Å². The molecule has 0 saturated heterocycles. The Morgan fingerprint density at radius 1 is 0.605 bits per heavy atom. The Morgan fingerprint density at radius 3 is 1.26 bits per heavy atom. The maximum Gasteiger partial charge on any atom is 0.338 e. The number of esters is 2. The molecule has 38 heavy (non-hydrogen) atoms. The maximum atomic E-state index is 12.4. The van der Waals surface area contributed by atoms with Gasteiger partial charge in [0.1, 0.15) is 13.2 Å². The number of rotatable bonds is 10. The van der Waals surface area contributed by atoms with E-state index in [1.807, 2.05) is 0 Å². The largest absolute Gasteiger partial charge is 0.457 e. The summed E-state index contributed by atoms with van der Waals surface area (Å²) >= 11 is 0. The minimum absolute atomic E-state index is 0.0121. The summed E-state index contributed by atoms with van der Waals surface area (Å²) in [6, 6.07) is 18.0. The molecule has 12 heteroatoms. The molecule has 0 fully saturated rings. The number of ether oxygens (including phenoxy) is 2. The SMILES string of the molecule is CN(C)S(=O)(=O)c1cccc(C(=O)OCc2ccc(COC(=O)c3cccc(S(=O)(=O)N(C)C)c3)cc2)c1. The molecular weight excluding hydrogens is 532 g/mol. The van der Waals surface area contributed by atoms with Crippen LogP contribution < -0.4 is 0 Å². The van der Waals surface area contributed by atoms with Crippen LogP contribution >= 0.6 is 0 Å². The molecule has 3 aromatic carbocycles. The van der Waals surface area contributed by atoms with Crippen molar-refractivity contribution in [3.63, 3.8) is 0 Å². The van der Waals surface area contributed by atoms with Crippen molar-refractivity contribution in [1.82, 2.24) is 8.61 Å². The van der Waals surface area contributed by atoms with E-state index in [0.29, 0.717) is 11.1 Å². The van der Waals surface area contributed by atoms with Crippen LogP contribution in [0.2, 0.25) is 0 Å². The molecule has 0 spiro atoms. The van der Waals surface area contributed by atoms with Gasteiger partial charge in [-0.2, -0.15) is 0 Å². The van der Waals surface area contributed by atoms with Gasteiger partial charge in [0.2, 0.25) is 20.0 Å². The highest BCUT2D eigenvalue weighted by Crippen LogP contribution is 2.18. The minimum Gasteiger partial charge on any atom is -0.457 e. The number of hydrogen-bond acceptors (Lipinski definition) is 8. The summed E-state index contributed by atoms with van der Waals surface area (Å²) in [5, 5.41) is 0. The molecule has 202 valence electrons. The van der Waals surface area contributed by atoms with Gasteiger partial charge in [-0.15, -0.1) is 0 Å². The van der Waals surface area contributed by atoms with Gasteiger partial charge in [0.05, 0.1) is 20.9 Å². The van der Waals surface area contributed by atoms with Crippen LogP contribution in [0.25, 0.3) is 0 Å². The standard InChI is InChI=1S/C26H28N2O8S2/c1-27(2)37(31,32)23-9-5-7-21(15-23)25(29)35-17-19-11-13-20(14-12-19)18-36-26(30)22-8-6-10-24(16-22)38(33,34)28(3)4/h5-16H,17-18H2,1-4H3. The van der Waals surface area contributed by atoms with Crippen LogP contribution in [0.3, 0.4) is 0 Å². The third-order valence-electron chi connectivity index (χ3n) is 5.46. The summed E-state index contributed by atoms with van der Waals surface area (Å²) in [4.78, 5) is 24.9. The quantitative estimate of drug-likeness (QED) is 0.347. The molecule has 3 rings (SSSR count). The van der Waals surface area contributed by atoms with Crippen LogP contribution in [0.15, 0.2) is 82.6 Å². The lowest BCUT2D eigenvalue weighted by Gasteiger charge is -2.12. The van der Waals surface area contributed by atoms with E-state index in [1.165, 1.54) is 76.7 Å². The molecule has 0 aliphatic heterocycles. The average molecular weight is 561 g/mol. The van der Waals surface area contributed by atoms with Crippen molar-refractivity contribution >= 4 is 32.0 Å². The van der Waals surface area contributed by atoms with Crippen LogP contribution in [0.1, 0.15) is 31.8 Å². The first-order chi connectivity index (χ1) is 17.8. The number of nitrogens with zero attached hydrogens (tertiary/aromatic N) is 2. The number of sulfonamides is 2. The van der Waals surface area contributed by atoms with Crippen molar-refractivity contribution in [2.24, 2.45) is 0 Å². The highest BCUT2D eigenvalue weighted by Gasteiger charge is 2.20. The molecule has 0 atom stereocenters. The number of carbonyl (C=O) groups excluding carboxylic acids is 2. The van der Waals surface area contributed by atoms with E-state index in [0.717, 1.165) is 8.61 Å². The summed E-state index contributed by atoms with van der Waals surface area (Å²) in [5.74, 6) is -1.34. The highest BCUT2D eigenvalue weighted by molar-refractivity contribution is 7.89. The first kappa shape index (κ1) is 29.0. The van der Waals surface area contributed by atoms with Crippen molar-refractivity contribution in [3.8, 4) is 0 Å². The zero-order valence-corrected chi connectivity index (χ0v) is 23.0. The van der Waals surface area contributed by atoms with E-state index in [2.05, 4.69) is 0 Å². The zero-order valence-electron chi connectivity index (χ0n) is 21.3. The van der Waals surface area contributed by atoms with Crippen molar-refractivity contribution in [1.29, 1.82) is 0 Å². The summed E-state index contributed by atoms with van der Waals surface area (Å²) in [7, 11) is -1.75. The lowest BCUT2D eigenvalue weighted by molar-refractivity contribution is 0.0460. The third-order valence-corrected chi connectivity index (χ3v) is 9.08. The summed E-state index contributed by atoms with van der Waals surface area (Å²) in [5.41, 5.74) is 1.57. The monoisotopic (exact) mass is 560 g/mol. The molecule has 0 heterocycles. The number of carbonyl (C=O) groups is 2. The van der Waals surface area contributed by atoms with Gasteiger partial charge in [-0.05, 0) is 47.5 Å². The predicted octanol–water partition coefficient (Wildman–Crippen LogP) is 2.90. The first-order valence-electron chi connectivity index (χ1n) is 11.3. The lowest BCUT2D eigenvalue weighted by Crippen LogP contribution is -2.22. The second-order valence-electron chi connectivity index (χ2n) is 8.60. The fourth-order valence-corrected chi connectivity index (χ4v) is 5.08. The summed E-state index contributed by atoms with van der Waals surface area (Å²) < 4.78 is 61.9. The Labute approximate surface area is 222 Å². The smallest absolute Gasteiger partial charge is 0.338 e. The Hall–Kier alpha value is -3.58. The summed E-state index contributed by atoms with van der Waals surface area (Å²) in [6.45, 7) is -0.0899. The second kappa shape index (κ2) is 11.9. The molecule has 0 unspecified atom stereocenters. The molecular formula is C26H28N2O8S2. The Balaban J connectivity index is 1.57. The molecule has 0 bridgehead atoms. The third kappa shape index (κ3) is 6.84. The van der Waals surface area contributed by atoms with Crippen molar-refractivity contribution in [2.75, 3.05) is 28.2 Å². The topological polar surface area (TPSA) is 127 Å². The van der Waals surface area contributed by atoms with Crippen LogP contribution in [0.5, 0.6) is 0 Å². The van der Waals surface area contributed by atoms with E-state index in [4.69, 9.17) is 9.47 Å². The van der Waals surface area contributed by atoms with Crippen molar-refractivity contribution in [2.45, 2.75) is 23.0 Å². The summed E-state index contributed by atoms with van der Waals surface area (Å²) in [6.07, 6.45) is 0. The number of benzene rings is 3. The maximum absolute atomic E-state index is 12.4. The van der Waals surface area contributed by atoms with Crippen molar-refractivity contribution < 1.29 is 35.9 Å². The predicted molar refractivity (Wildman–Crippen MR) is 139 cm³/mol. The van der Waals surface area contributed by atoms with Gasteiger partial charge >= 0.3 is 11.9 Å². The van der Waals surface area contributed by atoms with Gasteiger partial charge in [-0.1, -0.05) is 36.4 Å². The fourth-order valence-electron chi connectivity index (χ4n) is 3.18. The van der Waals surface area contributed by atoms with E-state index < -0.39 is 32.0 Å². The molecule has 0 aliphatic carbocycles. The lowest BCUT2D eigenvalue weighted by atomic mass is 10.1. The highest BCUT2D eigenvalue weighted by atomic mass is 32.2. The molecule has 0 radical (unpaired) electrons. The second-order valence-corrected chi connectivity index (χ2v) is 12.9. The molecule has 10 nitrogen and oxygen atoms in total. The molecule has 3 aromatic rings. The Bertz CT molecular complexity index is 1410. The van der Waals surface area contributed by atoms with E-state index in [9.17, 15) is 26.4 Å². The average Bonchev–Trinajstić information content (AvgIpc) is 2.90. The molecule has 0 saturated carbocycles. The van der Waals surface area contributed by atoms with E-state index in [1.54, 1.807) is 24.3 Å². The van der Waals surface area contributed by atoms with Crippen molar-refractivity contribution in [3.05, 3.63) is 95.1 Å². The van der Waals surface area contributed by atoms with E-state index in [-0.39, 0.29) is 34.1 Å². The first-order valence-corrected chi connectivity index (χ1v) is 14.2. The normalized spacial score (nSPS) is 11.9. The van der Waals surface area contributed by atoms with Gasteiger partial charge < -0.3 is 9.47 Å². The van der Waals surface area contributed by atoms with Gasteiger partial charge in [-0.3, -0.25) is 0 Å².